The predicted molar refractivity (Wildman–Crippen MR) is 124 cm³/mol. The molecule has 6 heteroatoms. The zero-order valence-corrected chi connectivity index (χ0v) is 17.9. The van der Waals surface area contributed by atoms with Crippen LogP contribution in [0.1, 0.15) is 64.0 Å². The van der Waals surface area contributed by atoms with E-state index in [4.69, 9.17) is 16.2 Å². The van der Waals surface area contributed by atoms with Gasteiger partial charge in [0.15, 0.2) is 0 Å². The summed E-state index contributed by atoms with van der Waals surface area (Å²) in [6.07, 6.45) is 4.99. The molecule has 6 nitrogen and oxygen atoms in total. The number of benzene rings is 2. The van der Waals surface area contributed by atoms with Gasteiger partial charge in [0.1, 0.15) is 5.75 Å². The number of carboxylic acids is 1. The van der Waals surface area contributed by atoms with E-state index >= 15 is 0 Å². The summed E-state index contributed by atoms with van der Waals surface area (Å²) in [4.78, 5) is 11.7. The summed E-state index contributed by atoms with van der Waals surface area (Å²) in [6, 6.07) is 11.5. The van der Waals surface area contributed by atoms with Crippen LogP contribution in [0.5, 0.6) is 5.75 Å². The largest absolute Gasteiger partial charge is 0.493 e. The Morgan fingerprint density at radius 3 is 2.81 bits per heavy atom. The number of carboxylic acid groups (broad SMARTS) is 1. The maximum absolute atomic E-state index is 11.7. The monoisotopic (exact) mass is 429 g/mol. The third-order valence-electron chi connectivity index (χ3n) is 7.54. The first-order chi connectivity index (χ1) is 15.4. The lowest BCUT2D eigenvalue weighted by Crippen LogP contribution is -2.45. The van der Waals surface area contributed by atoms with Crippen molar-refractivity contribution < 1.29 is 14.6 Å². The topological polar surface area (TPSA) is 104 Å². The summed E-state index contributed by atoms with van der Waals surface area (Å²) in [5.41, 5.74) is 18.6. The number of aromatic carboxylic acids is 1. The molecule has 3 unspecified atom stereocenters. The van der Waals surface area contributed by atoms with Crippen LogP contribution in [-0.4, -0.2) is 22.2 Å². The Morgan fingerprint density at radius 2 is 2.09 bits per heavy atom. The summed E-state index contributed by atoms with van der Waals surface area (Å²) in [6.45, 7) is 5.32. The van der Waals surface area contributed by atoms with Crippen LogP contribution in [0, 0.1) is 5.92 Å². The Bertz CT molecular complexity index is 1290. The van der Waals surface area contributed by atoms with Crippen molar-refractivity contribution in [2.45, 2.75) is 43.3 Å². The van der Waals surface area contributed by atoms with Crippen molar-refractivity contribution in [1.29, 1.82) is 0 Å². The molecule has 2 aromatic carbocycles. The van der Waals surface area contributed by atoms with E-state index in [9.17, 15) is 9.90 Å². The van der Waals surface area contributed by atoms with Crippen LogP contribution in [0.3, 0.4) is 0 Å². The Balaban J connectivity index is 1.57. The molecule has 2 heterocycles. The minimum absolute atomic E-state index is 0.164. The van der Waals surface area contributed by atoms with Crippen LogP contribution in [0.4, 0.5) is 0 Å². The van der Waals surface area contributed by atoms with Gasteiger partial charge in [-0.2, -0.15) is 0 Å². The molecule has 1 aliphatic heterocycles. The average molecular weight is 430 g/mol. The summed E-state index contributed by atoms with van der Waals surface area (Å²) < 4.78 is 8.28. The maximum Gasteiger partial charge on any atom is 0.335 e. The average Bonchev–Trinajstić information content (AvgIpc) is 3.49. The fourth-order valence-corrected chi connectivity index (χ4v) is 5.79. The second-order valence-corrected chi connectivity index (χ2v) is 9.53. The highest BCUT2D eigenvalue weighted by Gasteiger charge is 2.54. The highest BCUT2D eigenvalue weighted by molar-refractivity contribution is 5.89. The molecule has 3 aromatic rings. The Morgan fingerprint density at radius 1 is 1.28 bits per heavy atom. The van der Waals surface area contributed by atoms with E-state index in [1.165, 1.54) is 18.4 Å². The van der Waals surface area contributed by atoms with Crippen LogP contribution in [-0.2, 0) is 12.1 Å². The highest BCUT2D eigenvalue weighted by atomic mass is 16.5. The number of ether oxygens (including phenoxy) is 1. The molecule has 3 aliphatic rings. The van der Waals surface area contributed by atoms with Gasteiger partial charge >= 0.3 is 5.97 Å². The Kier molecular flexibility index (Phi) is 4.10. The van der Waals surface area contributed by atoms with Gasteiger partial charge in [0.2, 0.25) is 0 Å². The summed E-state index contributed by atoms with van der Waals surface area (Å²) in [7, 11) is 0. The van der Waals surface area contributed by atoms with Crippen molar-refractivity contribution in [3.63, 3.8) is 0 Å². The first kappa shape index (κ1) is 19.6. The molecule has 0 bridgehead atoms. The van der Waals surface area contributed by atoms with Crippen LogP contribution >= 0.6 is 0 Å². The zero-order chi connectivity index (χ0) is 22.2. The van der Waals surface area contributed by atoms with Gasteiger partial charge in [-0.15, -0.1) is 0 Å². The molecular formula is C26H27N3O3. The van der Waals surface area contributed by atoms with Gasteiger partial charge in [-0.25, -0.2) is 4.79 Å². The van der Waals surface area contributed by atoms with Crippen molar-refractivity contribution >= 4 is 22.9 Å². The van der Waals surface area contributed by atoms with Crippen molar-refractivity contribution in [1.82, 2.24) is 4.57 Å². The van der Waals surface area contributed by atoms with E-state index in [1.54, 1.807) is 12.1 Å². The number of fused-ring (bicyclic) bond motifs is 1. The smallest absolute Gasteiger partial charge is 0.335 e. The number of hydrogen-bond acceptors (Lipinski definition) is 4. The number of carbonyl (C=O) groups is 1. The molecule has 1 aromatic heterocycles. The second kappa shape index (κ2) is 6.70. The number of nitrogens with two attached hydrogens (primary N) is 2. The van der Waals surface area contributed by atoms with Gasteiger partial charge < -0.3 is 25.9 Å². The molecule has 5 N–H and O–H groups in total. The molecule has 0 saturated heterocycles. The van der Waals surface area contributed by atoms with Gasteiger partial charge in [-0.1, -0.05) is 24.8 Å². The van der Waals surface area contributed by atoms with E-state index in [0.717, 1.165) is 34.3 Å². The standard InChI is InChI=1S/C26H27N3O3/c1-2-14-5-6-16-11-20(29(19(16)9-14)13-15-3-4-15)23-24(27)18-10-17(25(30)31)12-21-22(18)26(23,28)7-8-32-21/h2,5-6,9-12,15,23-24H,1,3-4,7-8,13,27-28H2,(H,30,31). The van der Waals surface area contributed by atoms with E-state index in [2.05, 4.69) is 35.4 Å². The van der Waals surface area contributed by atoms with Gasteiger partial charge in [-0.05, 0) is 59.5 Å². The molecule has 2 aliphatic carbocycles. The summed E-state index contributed by atoms with van der Waals surface area (Å²) in [5.74, 6) is 0.0820. The highest BCUT2D eigenvalue weighted by Crippen LogP contribution is 2.58. The van der Waals surface area contributed by atoms with Gasteiger partial charge in [-0.3, -0.25) is 0 Å². The molecule has 3 atom stereocenters. The molecular weight excluding hydrogens is 402 g/mol. The quantitative estimate of drug-likeness (QED) is 0.566. The van der Waals surface area contributed by atoms with Crippen LogP contribution in [0.25, 0.3) is 17.0 Å². The van der Waals surface area contributed by atoms with Gasteiger partial charge in [0.05, 0.1) is 17.7 Å². The normalized spacial score (nSPS) is 26.1. The molecule has 0 amide bonds. The molecule has 164 valence electrons. The Labute approximate surface area is 186 Å². The lowest BCUT2D eigenvalue weighted by Gasteiger charge is -2.38. The van der Waals surface area contributed by atoms with Gasteiger partial charge in [0, 0.05) is 41.7 Å². The summed E-state index contributed by atoms with van der Waals surface area (Å²) >= 11 is 0. The van der Waals surface area contributed by atoms with E-state index in [-0.39, 0.29) is 11.5 Å². The lowest BCUT2D eigenvalue weighted by molar-refractivity contribution is 0.0696. The fourth-order valence-electron chi connectivity index (χ4n) is 5.79. The second-order valence-electron chi connectivity index (χ2n) is 9.53. The molecule has 32 heavy (non-hydrogen) atoms. The van der Waals surface area contributed by atoms with Crippen molar-refractivity contribution in [3.8, 4) is 5.75 Å². The van der Waals surface area contributed by atoms with Crippen LogP contribution < -0.4 is 16.2 Å². The Hall–Kier alpha value is -3.09. The number of nitrogens with zero attached hydrogens (tertiary/aromatic N) is 1. The van der Waals surface area contributed by atoms with E-state index in [1.807, 2.05) is 6.08 Å². The van der Waals surface area contributed by atoms with Crippen molar-refractivity contribution in [2.24, 2.45) is 17.4 Å². The third-order valence-corrected chi connectivity index (χ3v) is 7.54. The molecule has 1 saturated carbocycles. The minimum atomic E-state index is -0.990. The first-order valence-electron chi connectivity index (χ1n) is 11.3. The molecule has 0 radical (unpaired) electrons. The van der Waals surface area contributed by atoms with E-state index < -0.39 is 17.6 Å². The minimum Gasteiger partial charge on any atom is -0.493 e. The number of hydrogen-bond donors (Lipinski definition) is 3. The molecule has 6 rings (SSSR count). The van der Waals surface area contributed by atoms with E-state index in [0.29, 0.717) is 24.7 Å². The SMILES string of the molecule is C=Cc1ccc2cc(C3C(N)c4cc(C(=O)O)cc5c4C3(N)CCO5)n(CC3CC3)c2c1. The van der Waals surface area contributed by atoms with Crippen molar-refractivity contribution in [3.05, 3.63) is 70.9 Å². The summed E-state index contributed by atoms with van der Waals surface area (Å²) in [5, 5.41) is 10.8. The first-order valence-corrected chi connectivity index (χ1v) is 11.3. The zero-order valence-electron chi connectivity index (χ0n) is 17.9. The molecule has 1 fully saturated rings. The van der Waals surface area contributed by atoms with Crippen molar-refractivity contribution in [2.75, 3.05) is 6.61 Å². The maximum atomic E-state index is 11.7. The predicted octanol–water partition coefficient (Wildman–Crippen LogP) is 4.13. The molecule has 0 spiro atoms. The van der Waals surface area contributed by atoms with Gasteiger partial charge in [0.25, 0.3) is 0 Å². The van der Waals surface area contributed by atoms with Crippen LogP contribution in [0.2, 0.25) is 0 Å². The lowest BCUT2D eigenvalue weighted by atomic mass is 9.77. The van der Waals surface area contributed by atoms with Crippen LogP contribution in [0.15, 0.2) is 43.0 Å². The third kappa shape index (κ3) is 2.69. The fraction of sp³-hybridized carbons (Fsp3) is 0.346. The number of aromatic nitrogens is 1. The number of rotatable bonds is 5.